The van der Waals surface area contributed by atoms with E-state index in [1.807, 2.05) is 13.8 Å². The summed E-state index contributed by atoms with van der Waals surface area (Å²) in [5, 5.41) is 0. The maximum Gasteiger partial charge on any atom is 0.404 e. The fraction of sp³-hybridized carbons (Fsp3) is 0.857. The highest BCUT2D eigenvalue weighted by molar-refractivity contribution is 6.61. The molecule has 0 aliphatic carbocycles. The Morgan fingerprint density at radius 1 is 1.60 bits per heavy atom. The normalized spacial score (nSPS) is 12.7. The Kier molecular flexibility index (Phi) is 5.40. The van der Waals surface area contributed by atoms with Crippen molar-refractivity contribution in [1.82, 2.24) is 0 Å². The minimum Gasteiger partial charge on any atom is -0.450 e. The van der Waals surface area contributed by atoms with Gasteiger partial charge in [0.05, 0.1) is 0 Å². The summed E-state index contributed by atoms with van der Waals surface area (Å²) in [4.78, 5) is 10.2. The van der Waals surface area contributed by atoms with Crippen molar-refractivity contribution in [3.05, 3.63) is 0 Å². The molecule has 0 N–H and O–H groups in total. The molecule has 0 rings (SSSR count). The van der Waals surface area contributed by atoms with Gasteiger partial charge in [0.1, 0.15) is 6.10 Å². The molecule has 1 atom stereocenters. The third-order valence-corrected chi connectivity index (χ3v) is 1.41. The third kappa shape index (κ3) is 4.62. The van der Waals surface area contributed by atoms with Gasteiger partial charge in [0.25, 0.3) is 0 Å². The highest BCUT2D eigenvalue weighted by atomic mass is 35.5. The number of rotatable bonds is 4. The molecule has 0 aromatic rings. The molecule has 0 aromatic carbocycles. The van der Waals surface area contributed by atoms with Crippen molar-refractivity contribution >= 4 is 17.0 Å². The van der Waals surface area contributed by atoms with Crippen LogP contribution in [-0.4, -0.2) is 11.5 Å². The zero-order valence-corrected chi connectivity index (χ0v) is 7.15. The van der Waals surface area contributed by atoms with Crippen molar-refractivity contribution in [3.8, 4) is 0 Å². The standard InChI is InChI=1S/C7H13ClO2/c1-3-5-6(4-2)10-7(8)9/h6H,3-5H2,1-2H3/t6-/m1/s1. The zero-order chi connectivity index (χ0) is 7.98. The van der Waals surface area contributed by atoms with Gasteiger partial charge in [0.15, 0.2) is 0 Å². The topological polar surface area (TPSA) is 26.3 Å². The molecule has 0 saturated carbocycles. The fourth-order valence-corrected chi connectivity index (χ4v) is 0.925. The maximum atomic E-state index is 10.2. The predicted molar refractivity (Wildman–Crippen MR) is 41.3 cm³/mol. The van der Waals surface area contributed by atoms with Crippen molar-refractivity contribution < 1.29 is 9.53 Å². The summed E-state index contributed by atoms with van der Waals surface area (Å²) < 4.78 is 4.77. The second kappa shape index (κ2) is 5.54. The first-order valence-corrected chi connectivity index (χ1v) is 3.94. The highest BCUT2D eigenvalue weighted by Crippen LogP contribution is 2.07. The van der Waals surface area contributed by atoms with E-state index in [2.05, 4.69) is 0 Å². The van der Waals surface area contributed by atoms with Crippen molar-refractivity contribution in [2.24, 2.45) is 0 Å². The number of carbonyl (C=O) groups excluding carboxylic acids is 1. The highest BCUT2D eigenvalue weighted by Gasteiger charge is 2.07. The van der Waals surface area contributed by atoms with Crippen molar-refractivity contribution in [2.45, 2.75) is 39.2 Å². The Morgan fingerprint density at radius 2 is 2.20 bits per heavy atom. The molecular formula is C7H13ClO2. The van der Waals surface area contributed by atoms with Crippen LogP contribution in [0, 0.1) is 0 Å². The second-order valence-electron chi connectivity index (χ2n) is 2.17. The average Bonchev–Trinajstić information content (AvgIpc) is 1.86. The van der Waals surface area contributed by atoms with Crippen LogP contribution >= 0.6 is 11.6 Å². The van der Waals surface area contributed by atoms with E-state index >= 15 is 0 Å². The summed E-state index contributed by atoms with van der Waals surface area (Å²) in [5.41, 5.74) is -0.694. The monoisotopic (exact) mass is 164 g/mol. The fourth-order valence-electron chi connectivity index (χ4n) is 0.799. The van der Waals surface area contributed by atoms with E-state index in [1.54, 1.807) is 0 Å². The van der Waals surface area contributed by atoms with Gasteiger partial charge in [0.2, 0.25) is 0 Å². The van der Waals surface area contributed by atoms with Crippen LogP contribution in [0.3, 0.4) is 0 Å². The van der Waals surface area contributed by atoms with Gasteiger partial charge in [-0.2, -0.15) is 0 Å². The van der Waals surface area contributed by atoms with E-state index in [4.69, 9.17) is 16.3 Å². The summed E-state index contributed by atoms with van der Waals surface area (Å²) in [6.45, 7) is 4.02. The van der Waals surface area contributed by atoms with Crippen molar-refractivity contribution in [3.63, 3.8) is 0 Å². The Hall–Kier alpha value is -0.240. The minimum absolute atomic E-state index is 0.00926. The first kappa shape index (κ1) is 9.76. The molecular weight excluding hydrogens is 152 g/mol. The number of hydrogen-bond donors (Lipinski definition) is 0. The van der Waals surface area contributed by atoms with Crippen LogP contribution in [0.25, 0.3) is 0 Å². The molecule has 0 radical (unpaired) electrons. The number of hydrogen-bond acceptors (Lipinski definition) is 2. The number of ether oxygens (including phenoxy) is 1. The van der Waals surface area contributed by atoms with Gasteiger partial charge in [-0.15, -0.1) is 0 Å². The summed E-state index contributed by atoms with van der Waals surface area (Å²) >= 11 is 5.03. The Labute approximate surface area is 66.5 Å². The minimum atomic E-state index is -0.694. The predicted octanol–water partition coefficient (Wildman–Crippen LogP) is 2.94. The number of carbonyl (C=O) groups is 1. The van der Waals surface area contributed by atoms with Crippen LogP contribution in [0.15, 0.2) is 0 Å². The summed E-state index contributed by atoms with van der Waals surface area (Å²) in [6.07, 6.45) is 2.76. The lowest BCUT2D eigenvalue weighted by molar-refractivity contribution is 0.112. The molecule has 0 aliphatic heterocycles. The van der Waals surface area contributed by atoms with E-state index < -0.39 is 5.43 Å². The van der Waals surface area contributed by atoms with Gasteiger partial charge in [-0.3, -0.25) is 0 Å². The molecule has 0 fully saturated rings. The Balaban J connectivity index is 3.49. The third-order valence-electron chi connectivity index (χ3n) is 1.33. The van der Waals surface area contributed by atoms with E-state index in [0.29, 0.717) is 0 Å². The summed E-state index contributed by atoms with van der Waals surface area (Å²) in [7, 11) is 0. The van der Waals surface area contributed by atoms with E-state index in [-0.39, 0.29) is 6.10 Å². The van der Waals surface area contributed by atoms with E-state index in [9.17, 15) is 4.79 Å². The van der Waals surface area contributed by atoms with Crippen LogP contribution in [0.2, 0.25) is 0 Å². The molecule has 0 spiro atoms. The molecule has 3 heteroatoms. The van der Waals surface area contributed by atoms with Crippen LogP contribution < -0.4 is 0 Å². The van der Waals surface area contributed by atoms with Crippen LogP contribution in [0.4, 0.5) is 4.79 Å². The van der Waals surface area contributed by atoms with E-state index in [0.717, 1.165) is 19.3 Å². The second-order valence-corrected chi connectivity index (χ2v) is 2.48. The van der Waals surface area contributed by atoms with Crippen molar-refractivity contribution in [2.75, 3.05) is 0 Å². The quantitative estimate of drug-likeness (QED) is 0.598. The lowest BCUT2D eigenvalue weighted by Crippen LogP contribution is -2.12. The first-order valence-electron chi connectivity index (χ1n) is 3.56. The first-order chi connectivity index (χ1) is 4.70. The summed E-state index contributed by atoms with van der Waals surface area (Å²) in [6, 6.07) is 0. The lowest BCUT2D eigenvalue weighted by atomic mass is 10.2. The van der Waals surface area contributed by atoms with Gasteiger partial charge in [0, 0.05) is 11.6 Å². The summed E-state index contributed by atoms with van der Waals surface area (Å²) in [5.74, 6) is 0. The Bertz CT molecular complexity index is 104. The van der Waals surface area contributed by atoms with Gasteiger partial charge in [-0.1, -0.05) is 20.3 Å². The SMILES string of the molecule is CCC[C@@H](CC)OC(=O)Cl. The molecule has 2 nitrogen and oxygen atoms in total. The maximum absolute atomic E-state index is 10.2. The molecule has 0 bridgehead atoms. The molecule has 10 heavy (non-hydrogen) atoms. The largest absolute Gasteiger partial charge is 0.450 e. The molecule has 0 saturated heterocycles. The molecule has 0 aliphatic rings. The van der Waals surface area contributed by atoms with E-state index in [1.165, 1.54) is 0 Å². The van der Waals surface area contributed by atoms with Gasteiger partial charge in [-0.25, -0.2) is 4.79 Å². The van der Waals surface area contributed by atoms with Crippen LogP contribution in [0.1, 0.15) is 33.1 Å². The van der Waals surface area contributed by atoms with Crippen LogP contribution in [-0.2, 0) is 4.74 Å². The molecule has 0 heterocycles. The van der Waals surface area contributed by atoms with Gasteiger partial charge in [-0.05, 0) is 12.8 Å². The Morgan fingerprint density at radius 3 is 2.50 bits per heavy atom. The number of halogens is 1. The van der Waals surface area contributed by atoms with Crippen LogP contribution in [0.5, 0.6) is 0 Å². The smallest absolute Gasteiger partial charge is 0.404 e. The molecule has 0 amide bonds. The molecule has 60 valence electrons. The van der Waals surface area contributed by atoms with Gasteiger partial charge < -0.3 is 4.74 Å². The van der Waals surface area contributed by atoms with Crippen molar-refractivity contribution in [1.29, 1.82) is 0 Å². The zero-order valence-electron chi connectivity index (χ0n) is 6.39. The molecule has 0 aromatic heterocycles. The molecule has 0 unspecified atom stereocenters. The lowest BCUT2D eigenvalue weighted by Gasteiger charge is -2.11. The average molecular weight is 165 g/mol. The van der Waals surface area contributed by atoms with Gasteiger partial charge >= 0.3 is 5.43 Å².